The van der Waals surface area contributed by atoms with E-state index in [0.29, 0.717) is 5.13 Å². The topological polar surface area (TPSA) is 51.8 Å². The summed E-state index contributed by atoms with van der Waals surface area (Å²) in [5.41, 5.74) is 5.42. The van der Waals surface area contributed by atoms with Crippen molar-refractivity contribution in [2.24, 2.45) is 5.92 Å². The molecule has 10 heavy (non-hydrogen) atoms. The lowest BCUT2D eigenvalue weighted by Gasteiger charge is -1.85. The Morgan fingerprint density at radius 3 is 2.80 bits per heavy atom. The van der Waals surface area contributed by atoms with Crippen molar-refractivity contribution in [3.8, 4) is 0 Å². The molecule has 1 aliphatic carbocycles. The van der Waals surface area contributed by atoms with Crippen LogP contribution in [0.4, 0.5) is 5.13 Å². The number of hydrogen-bond donors (Lipinski definition) is 1. The van der Waals surface area contributed by atoms with Gasteiger partial charge in [-0.1, -0.05) is 11.3 Å². The Morgan fingerprint density at radius 1 is 1.50 bits per heavy atom. The van der Waals surface area contributed by atoms with Crippen molar-refractivity contribution in [2.75, 3.05) is 5.73 Å². The summed E-state index contributed by atoms with van der Waals surface area (Å²) in [6, 6.07) is 0. The summed E-state index contributed by atoms with van der Waals surface area (Å²) in [5, 5.41) is 9.37. The monoisotopic (exact) mass is 155 g/mol. The van der Waals surface area contributed by atoms with Crippen molar-refractivity contribution in [3.05, 3.63) is 5.01 Å². The van der Waals surface area contributed by atoms with Crippen molar-refractivity contribution in [1.29, 1.82) is 0 Å². The van der Waals surface area contributed by atoms with E-state index in [4.69, 9.17) is 5.73 Å². The number of nitrogens with zero attached hydrogens (tertiary/aromatic N) is 2. The fourth-order valence-electron chi connectivity index (χ4n) is 0.918. The van der Waals surface area contributed by atoms with E-state index < -0.39 is 0 Å². The zero-order chi connectivity index (χ0) is 6.97. The molecule has 0 atom stereocenters. The molecule has 54 valence electrons. The summed E-state index contributed by atoms with van der Waals surface area (Å²) in [6.07, 6.45) is 3.81. The fourth-order valence-corrected chi connectivity index (χ4v) is 1.64. The van der Waals surface area contributed by atoms with Crippen LogP contribution >= 0.6 is 11.3 Å². The molecule has 4 heteroatoms. The summed E-state index contributed by atoms with van der Waals surface area (Å²) in [5.74, 6) is 0.882. The summed E-state index contributed by atoms with van der Waals surface area (Å²) in [7, 11) is 0. The predicted octanol–water partition coefficient (Wildman–Crippen LogP) is 1.07. The highest BCUT2D eigenvalue weighted by Crippen LogP contribution is 2.33. The van der Waals surface area contributed by atoms with Crippen LogP contribution in [-0.2, 0) is 6.42 Å². The van der Waals surface area contributed by atoms with E-state index >= 15 is 0 Å². The SMILES string of the molecule is Nc1nnc(CC2CC2)s1. The zero-order valence-electron chi connectivity index (χ0n) is 5.58. The van der Waals surface area contributed by atoms with Gasteiger partial charge in [-0.15, -0.1) is 10.2 Å². The zero-order valence-corrected chi connectivity index (χ0v) is 6.40. The summed E-state index contributed by atoms with van der Waals surface area (Å²) in [4.78, 5) is 0. The van der Waals surface area contributed by atoms with Gasteiger partial charge in [-0.2, -0.15) is 0 Å². The van der Waals surface area contributed by atoms with Crippen LogP contribution in [0.1, 0.15) is 17.8 Å². The normalized spacial score (nSPS) is 17.6. The minimum Gasteiger partial charge on any atom is -0.374 e. The van der Waals surface area contributed by atoms with Crippen molar-refractivity contribution >= 4 is 16.5 Å². The maximum atomic E-state index is 5.42. The number of aromatic nitrogens is 2. The molecule has 0 unspecified atom stereocenters. The van der Waals surface area contributed by atoms with Crippen molar-refractivity contribution in [2.45, 2.75) is 19.3 Å². The molecule has 0 bridgehead atoms. The summed E-state index contributed by atoms with van der Waals surface area (Å²) in [6.45, 7) is 0. The van der Waals surface area contributed by atoms with Crippen LogP contribution < -0.4 is 5.73 Å². The van der Waals surface area contributed by atoms with Gasteiger partial charge >= 0.3 is 0 Å². The van der Waals surface area contributed by atoms with Crippen LogP contribution in [0.15, 0.2) is 0 Å². The summed E-state index contributed by atoms with van der Waals surface area (Å²) >= 11 is 1.51. The van der Waals surface area contributed by atoms with Crippen LogP contribution in [0.25, 0.3) is 0 Å². The molecular weight excluding hydrogens is 146 g/mol. The Kier molecular flexibility index (Phi) is 1.34. The smallest absolute Gasteiger partial charge is 0.203 e. The minimum absolute atomic E-state index is 0.593. The quantitative estimate of drug-likeness (QED) is 0.695. The highest BCUT2D eigenvalue weighted by Gasteiger charge is 2.22. The van der Waals surface area contributed by atoms with E-state index in [-0.39, 0.29) is 0 Å². The average molecular weight is 155 g/mol. The van der Waals surface area contributed by atoms with Gasteiger partial charge in [0.15, 0.2) is 0 Å². The van der Waals surface area contributed by atoms with Gasteiger partial charge in [0.2, 0.25) is 5.13 Å². The number of nitrogens with two attached hydrogens (primary N) is 1. The van der Waals surface area contributed by atoms with Crippen LogP contribution in [0.2, 0.25) is 0 Å². The van der Waals surface area contributed by atoms with Gasteiger partial charge < -0.3 is 5.73 Å². The third-order valence-electron chi connectivity index (χ3n) is 1.64. The van der Waals surface area contributed by atoms with E-state index in [1.54, 1.807) is 0 Å². The predicted molar refractivity (Wildman–Crippen MR) is 40.7 cm³/mol. The Morgan fingerprint density at radius 2 is 2.30 bits per heavy atom. The van der Waals surface area contributed by atoms with E-state index in [0.717, 1.165) is 17.3 Å². The van der Waals surface area contributed by atoms with Crippen LogP contribution in [0, 0.1) is 5.92 Å². The number of nitrogen functional groups attached to an aromatic ring is 1. The first-order chi connectivity index (χ1) is 4.84. The highest BCUT2D eigenvalue weighted by molar-refractivity contribution is 7.15. The fraction of sp³-hybridized carbons (Fsp3) is 0.667. The van der Waals surface area contributed by atoms with Gasteiger partial charge in [0.25, 0.3) is 0 Å². The van der Waals surface area contributed by atoms with E-state index in [1.807, 2.05) is 0 Å². The van der Waals surface area contributed by atoms with Gasteiger partial charge in [-0.25, -0.2) is 0 Å². The van der Waals surface area contributed by atoms with Crippen LogP contribution in [-0.4, -0.2) is 10.2 Å². The Hall–Kier alpha value is -0.640. The lowest BCUT2D eigenvalue weighted by molar-refractivity contribution is 0.807. The molecular formula is C6H9N3S. The second kappa shape index (κ2) is 2.20. The molecule has 2 rings (SSSR count). The van der Waals surface area contributed by atoms with E-state index in [1.165, 1.54) is 24.2 Å². The number of anilines is 1. The molecule has 0 radical (unpaired) electrons. The molecule has 1 heterocycles. The second-order valence-electron chi connectivity index (χ2n) is 2.68. The minimum atomic E-state index is 0.593. The maximum Gasteiger partial charge on any atom is 0.203 e. The lowest BCUT2D eigenvalue weighted by atomic mass is 10.3. The van der Waals surface area contributed by atoms with Crippen LogP contribution in [0.5, 0.6) is 0 Å². The molecule has 0 spiro atoms. The second-order valence-corrected chi connectivity index (χ2v) is 3.78. The largest absolute Gasteiger partial charge is 0.374 e. The first-order valence-electron chi connectivity index (χ1n) is 3.42. The summed E-state index contributed by atoms with van der Waals surface area (Å²) < 4.78 is 0. The molecule has 0 aliphatic heterocycles. The molecule has 1 fully saturated rings. The highest BCUT2D eigenvalue weighted by atomic mass is 32.1. The molecule has 0 aromatic carbocycles. The van der Waals surface area contributed by atoms with Crippen molar-refractivity contribution in [3.63, 3.8) is 0 Å². The Balaban J connectivity index is 2.03. The van der Waals surface area contributed by atoms with Crippen molar-refractivity contribution in [1.82, 2.24) is 10.2 Å². The Labute approximate surface area is 63.3 Å². The van der Waals surface area contributed by atoms with Gasteiger partial charge in [-0.05, 0) is 18.8 Å². The number of rotatable bonds is 2. The van der Waals surface area contributed by atoms with Gasteiger partial charge in [-0.3, -0.25) is 0 Å². The van der Waals surface area contributed by atoms with E-state index in [9.17, 15) is 0 Å². The Bertz CT molecular complexity index is 229. The lowest BCUT2D eigenvalue weighted by Crippen LogP contribution is -1.84. The molecule has 1 aromatic heterocycles. The standard InChI is InChI=1S/C6H9N3S/c7-6-9-8-5(10-6)3-4-1-2-4/h4H,1-3H2,(H2,7,9). The third-order valence-corrected chi connectivity index (χ3v) is 2.42. The van der Waals surface area contributed by atoms with Gasteiger partial charge in [0, 0.05) is 6.42 Å². The first kappa shape index (κ1) is 6.09. The molecule has 3 nitrogen and oxygen atoms in total. The van der Waals surface area contributed by atoms with Crippen molar-refractivity contribution < 1.29 is 0 Å². The third kappa shape index (κ3) is 1.26. The molecule has 1 aliphatic rings. The molecule has 0 saturated heterocycles. The van der Waals surface area contributed by atoms with Crippen LogP contribution in [0.3, 0.4) is 0 Å². The van der Waals surface area contributed by atoms with Gasteiger partial charge in [0.1, 0.15) is 5.01 Å². The molecule has 1 aromatic rings. The first-order valence-corrected chi connectivity index (χ1v) is 4.24. The van der Waals surface area contributed by atoms with E-state index in [2.05, 4.69) is 10.2 Å². The van der Waals surface area contributed by atoms with Gasteiger partial charge in [0.05, 0.1) is 0 Å². The maximum absolute atomic E-state index is 5.42. The number of hydrogen-bond acceptors (Lipinski definition) is 4. The average Bonchev–Trinajstić information content (AvgIpc) is 2.59. The molecule has 2 N–H and O–H groups in total. The molecule has 0 amide bonds. The molecule has 1 saturated carbocycles.